The van der Waals surface area contributed by atoms with Gasteiger partial charge in [-0.25, -0.2) is 0 Å². The lowest BCUT2D eigenvalue weighted by molar-refractivity contribution is 0.171. The Bertz CT molecular complexity index is 664. The van der Waals surface area contributed by atoms with Crippen molar-refractivity contribution in [3.8, 4) is 11.5 Å². The third-order valence-corrected chi connectivity index (χ3v) is 3.46. The van der Waals surface area contributed by atoms with Gasteiger partial charge in [-0.2, -0.15) is 5.10 Å². The highest BCUT2D eigenvalue weighted by Crippen LogP contribution is 2.35. The Morgan fingerprint density at radius 1 is 1.24 bits per heavy atom. The number of anilines is 3. The number of benzene rings is 1. The van der Waals surface area contributed by atoms with Crippen LogP contribution in [0.3, 0.4) is 0 Å². The van der Waals surface area contributed by atoms with Crippen LogP contribution in [0, 0.1) is 0 Å². The molecule has 0 radical (unpaired) electrons. The zero-order valence-electron chi connectivity index (χ0n) is 12.5. The molecule has 1 aromatic heterocycles. The van der Waals surface area contributed by atoms with Gasteiger partial charge in [-0.3, -0.25) is 4.68 Å². The molecule has 0 saturated heterocycles. The third kappa shape index (κ3) is 2.49. The first-order valence-corrected chi connectivity index (χ1v) is 7.05. The summed E-state index contributed by atoms with van der Waals surface area (Å²) < 4.78 is 12.9. The van der Waals surface area contributed by atoms with E-state index in [9.17, 15) is 0 Å². The number of hydrogen-bond donors (Lipinski definition) is 2. The molecular weight excluding hydrogens is 268 g/mol. The monoisotopic (exact) mass is 288 g/mol. The maximum Gasteiger partial charge on any atom is 0.163 e. The molecule has 0 aliphatic carbocycles. The van der Waals surface area contributed by atoms with Gasteiger partial charge in [-0.05, 0) is 18.1 Å². The molecule has 2 aromatic rings. The van der Waals surface area contributed by atoms with Gasteiger partial charge in [0.1, 0.15) is 13.2 Å². The summed E-state index contributed by atoms with van der Waals surface area (Å²) in [6.07, 6.45) is 0. The average molecular weight is 288 g/mol. The summed E-state index contributed by atoms with van der Waals surface area (Å²) in [5.41, 5.74) is 8.67. The summed E-state index contributed by atoms with van der Waals surface area (Å²) in [4.78, 5) is 0. The fraction of sp³-hybridized carbons (Fsp3) is 0.400. The minimum Gasteiger partial charge on any atom is -0.486 e. The predicted octanol–water partition coefficient (Wildman–Crippen LogP) is 2.64. The van der Waals surface area contributed by atoms with Crippen LogP contribution in [-0.2, 0) is 7.05 Å². The van der Waals surface area contributed by atoms with Crippen molar-refractivity contribution in [3.05, 3.63) is 23.9 Å². The maximum absolute atomic E-state index is 6.19. The molecule has 0 amide bonds. The highest BCUT2D eigenvalue weighted by Gasteiger charge is 2.17. The fourth-order valence-corrected chi connectivity index (χ4v) is 2.39. The molecule has 6 heteroatoms. The van der Waals surface area contributed by atoms with Crippen LogP contribution in [0.1, 0.15) is 25.5 Å². The molecule has 3 N–H and O–H groups in total. The average Bonchev–Trinajstić information content (AvgIpc) is 2.75. The van der Waals surface area contributed by atoms with Gasteiger partial charge in [-0.15, -0.1) is 0 Å². The Hall–Kier alpha value is -2.37. The van der Waals surface area contributed by atoms with Crippen molar-refractivity contribution in [2.75, 3.05) is 24.3 Å². The maximum atomic E-state index is 6.19. The highest BCUT2D eigenvalue weighted by molar-refractivity contribution is 5.73. The van der Waals surface area contributed by atoms with Crippen molar-refractivity contribution in [1.29, 1.82) is 0 Å². The van der Waals surface area contributed by atoms with E-state index in [0.717, 1.165) is 28.7 Å². The first kappa shape index (κ1) is 13.6. The van der Waals surface area contributed by atoms with E-state index in [1.807, 2.05) is 25.2 Å². The van der Waals surface area contributed by atoms with E-state index in [0.29, 0.717) is 18.9 Å². The van der Waals surface area contributed by atoms with E-state index >= 15 is 0 Å². The largest absolute Gasteiger partial charge is 0.486 e. The van der Waals surface area contributed by atoms with Crippen LogP contribution in [-0.4, -0.2) is 23.0 Å². The van der Waals surface area contributed by atoms with E-state index in [-0.39, 0.29) is 5.92 Å². The minimum atomic E-state index is 0.284. The van der Waals surface area contributed by atoms with Crippen LogP contribution in [0.5, 0.6) is 11.5 Å². The summed E-state index contributed by atoms with van der Waals surface area (Å²) in [6.45, 7) is 5.31. The minimum absolute atomic E-state index is 0.284. The zero-order chi connectivity index (χ0) is 15.0. The zero-order valence-corrected chi connectivity index (χ0v) is 12.5. The lowest BCUT2D eigenvalue weighted by atomic mass is 10.1. The Balaban J connectivity index is 1.90. The summed E-state index contributed by atoms with van der Waals surface area (Å²) in [6, 6.07) is 5.75. The molecule has 0 unspecified atom stereocenters. The molecule has 0 spiro atoms. The normalized spacial score (nSPS) is 13.5. The molecule has 0 bridgehead atoms. The third-order valence-electron chi connectivity index (χ3n) is 3.46. The number of nitrogens with one attached hydrogen (secondary N) is 1. The standard InChI is InChI=1S/C15H20N4O2/c1-9(2)14-13(16)15(19(3)18-14)17-10-4-5-11-12(8-10)21-7-6-20-11/h4-5,8-9,17H,6-7,16H2,1-3H3. The fourth-order valence-electron chi connectivity index (χ4n) is 2.39. The molecule has 0 saturated carbocycles. The van der Waals surface area contributed by atoms with Gasteiger partial charge in [0.25, 0.3) is 0 Å². The molecule has 3 rings (SSSR count). The van der Waals surface area contributed by atoms with E-state index < -0.39 is 0 Å². The SMILES string of the molecule is CC(C)c1nn(C)c(Nc2ccc3c(c2)OCCO3)c1N. The molecule has 21 heavy (non-hydrogen) atoms. The number of rotatable bonds is 3. The van der Waals surface area contributed by atoms with Crippen molar-refractivity contribution in [3.63, 3.8) is 0 Å². The molecule has 1 aliphatic rings. The van der Waals surface area contributed by atoms with Crippen LogP contribution in [0.25, 0.3) is 0 Å². The number of ether oxygens (including phenoxy) is 2. The van der Waals surface area contributed by atoms with Crippen LogP contribution < -0.4 is 20.5 Å². The van der Waals surface area contributed by atoms with E-state index in [2.05, 4.69) is 24.3 Å². The molecule has 0 atom stereocenters. The lowest BCUT2D eigenvalue weighted by Crippen LogP contribution is -2.15. The summed E-state index contributed by atoms with van der Waals surface area (Å²) in [5.74, 6) is 2.59. The van der Waals surface area contributed by atoms with Gasteiger partial charge in [0.05, 0.1) is 11.4 Å². The first-order chi connectivity index (χ1) is 10.1. The Kier molecular flexibility index (Phi) is 3.37. The van der Waals surface area contributed by atoms with E-state index in [4.69, 9.17) is 15.2 Å². The number of fused-ring (bicyclic) bond motifs is 1. The quantitative estimate of drug-likeness (QED) is 0.908. The number of aromatic nitrogens is 2. The molecule has 112 valence electrons. The van der Waals surface area contributed by atoms with Gasteiger partial charge < -0.3 is 20.5 Å². The number of nitrogens with two attached hydrogens (primary N) is 1. The predicted molar refractivity (Wildman–Crippen MR) is 82.4 cm³/mol. The number of hydrogen-bond acceptors (Lipinski definition) is 5. The second-order valence-corrected chi connectivity index (χ2v) is 5.41. The molecule has 2 heterocycles. The van der Waals surface area contributed by atoms with Crippen molar-refractivity contribution in [2.24, 2.45) is 7.05 Å². The highest BCUT2D eigenvalue weighted by atomic mass is 16.6. The van der Waals surface area contributed by atoms with Crippen LogP contribution >= 0.6 is 0 Å². The van der Waals surface area contributed by atoms with Crippen LogP contribution in [0.4, 0.5) is 17.2 Å². The Morgan fingerprint density at radius 2 is 1.95 bits per heavy atom. The number of aryl methyl sites for hydroxylation is 1. The molecule has 0 fully saturated rings. The molecular formula is C15H20N4O2. The van der Waals surface area contributed by atoms with E-state index in [1.54, 1.807) is 4.68 Å². The second-order valence-electron chi connectivity index (χ2n) is 5.41. The van der Waals surface area contributed by atoms with Crippen LogP contribution in [0.15, 0.2) is 18.2 Å². The van der Waals surface area contributed by atoms with Crippen molar-refractivity contribution < 1.29 is 9.47 Å². The van der Waals surface area contributed by atoms with Gasteiger partial charge in [0.2, 0.25) is 0 Å². The summed E-state index contributed by atoms with van der Waals surface area (Å²) >= 11 is 0. The number of nitrogen functional groups attached to an aromatic ring is 1. The second kappa shape index (κ2) is 5.20. The lowest BCUT2D eigenvalue weighted by Gasteiger charge is -2.19. The summed E-state index contributed by atoms with van der Waals surface area (Å²) in [7, 11) is 1.88. The van der Waals surface area contributed by atoms with Crippen molar-refractivity contribution in [1.82, 2.24) is 9.78 Å². The molecule has 6 nitrogen and oxygen atoms in total. The van der Waals surface area contributed by atoms with Gasteiger partial charge in [0.15, 0.2) is 17.3 Å². The van der Waals surface area contributed by atoms with Gasteiger partial charge in [0, 0.05) is 18.8 Å². The number of nitrogens with zero attached hydrogens (tertiary/aromatic N) is 2. The smallest absolute Gasteiger partial charge is 0.163 e. The molecule has 1 aromatic carbocycles. The van der Waals surface area contributed by atoms with Gasteiger partial charge in [-0.1, -0.05) is 13.8 Å². The molecule has 1 aliphatic heterocycles. The van der Waals surface area contributed by atoms with E-state index in [1.165, 1.54) is 0 Å². The van der Waals surface area contributed by atoms with Crippen molar-refractivity contribution in [2.45, 2.75) is 19.8 Å². The Labute approximate surface area is 123 Å². The van der Waals surface area contributed by atoms with Crippen LogP contribution in [0.2, 0.25) is 0 Å². The van der Waals surface area contributed by atoms with Gasteiger partial charge >= 0.3 is 0 Å². The summed E-state index contributed by atoms with van der Waals surface area (Å²) in [5, 5.41) is 7.77. The first-order valence-electron chi connectivity index (χ1n) is 7.05. The Morgan fingerprint density at radius 3 is 2.62 bits per heavy atom. The topological polar surface area (TPSA) is 74.3 Å². The van der Waals surface area contributed by atoms with Crippen molar-refractivity contribution >= 4 is 17.2 Å².